The van der Waals surface area contributed by atoms with E-state index in [-0.39, 0.29) is 0 Å². The van der Waals surface area contributed by atoms with E-state index in [1.54, 1.807) is 0 Å². The van der Waals surface area contributed by atoms with Crippen molar-refractivity contribution >= 4 is 23.3 Å². The molecule has 0 bridgehead atoms. The Morgan fingerprint density at radius 2 is 1.93 bits per heavy atom. The fraction of sp³-hybridized carbons (Fsp3) is 0.714. The van der Waals surface area contributed by atoms with E-state index in [2.05, 4.69) is 24.5 Å². The molecule has 0 aromatic rings. The highest BCUT2D eigenvalue weighted by Crippen LogP contribution is 2.13. The van der Waals surface area contributed by atoms with E-state index >= 15 is 0 Å². The van der Waals surface area contributed by atoms with Crippen LogP contribution >= 0.6 is 12.2 Å². The first kappa shape index (κ1) is 16.4. The number of nitrogens with one attached hydrogen (secondary N) is 1. The van der Waals surface area contributed by atoms with Crippen molar-refractivity contribution < 1.29 is 23.1 Å². The van der Waals surface area contributed by atoms with Gasteiger partial charge in [-0.1, -0.05) is 6.92 Å². The van der Waals surface area contributed by atoms with Gasteiger partial charge >= 0.3 is 12.1 Å². The van der Waals surface area contributed by atoms with Crippen molar-refractivity contribution in [1.29, 1.82) is 0 Å². The Morgan fingerprint density at radius 3 is 2.00 bits per heavy atom. The fourth-order valence-corrected chi connectivity index (χ4v) is 0.546. The molecule has 0 aliphatic heterocycles. The quantitative estimate of drug-likeness (QED) is 0.639. The maximum absolute atomic E-state index is 10.6. The predicted octanol–water partition coefficient (Wildman–Crippen LogP) is 1.25. The molecule has 1 atom stereocenters. The Hall–Kier alpha value is -1.05. The number of hydrogen-bond acceptors (Lipinski definition) is 2. The van der Waals surface area contributed by atoms with Gasteiger partial charge in [0.05, 0.1) is 0 Å². The molecule has 0 saturated carbocycles. The minimum absolute atomic E-state index is 0.388. The van der Waals surface area contributed by atoms with Gasteiger partial charge in [-0.25, -0.2) is 4.79 Å². The second-order valence-electron chi connectivity index (χ2n) is 2.62. The highest BCUT2D eigenvalue weighted by atomic mass is 32.1. The maximum Gasteiger partial charge on any atom is 0.490 e. The van der Waals surface area contributed by atoms with Crippen molar-refractivity contribution in [3.8, 4) is 0 Å². The van der Waals surface area contributed by atoms with Crippen molar-refractivity contribution in [2.75, 3.05) is 0 Å². The molecule has 1 unspecified atom stereocenters. The summed E-state index contributed by atoms with van der Waals surface area (Å²) in [6, 6.07) is 0.410. The van der Waals surface area contributed by atoms with Crippen molar-refractivity contribution in [1.82, 2.24) is 5.32 Å². The molecular weight excluding hydrogens is 233 g/mol. The van der Waals surface area contributed by atoms with Crippen molar-refractivity contribution in [2.24, 2.45) is 5.73 Å². The Bertz CT molecular complexity index is 221. The zero-order valence-electron chi connectivity index (χ0n) is 8.26. The fourth-order valence-electron chi connectivity index (χ4n) is 0.345. The first-order chi connectivity index (χ1) is 6.61. The summed E-state index contributed by atoms with van der Waals surface area (Å²) in [5, 5.41) is 10.4. The Kier molecular flexibility index (Phi) is 7.94. The monoisotopic (exact) mass is 246 g/mol. The Morgan fingerprint density at radius 1 is 1.60 bits per heavy atom. The van der Waals surface area contributed by atoms with E-state index < -0.39 is 12.1 Å². The molecule has 0 heterocycles. The average molecular weight is 246 g/mol. The van der Waals surface area contributed by atoms with Crippen molar-refractivity contribution in [3.05, 3.63) is 0 Å². The van der Waals surface area contributed by atoms with Gasteiger partial charge in [0.2, 0.25) is 0 Å². The molecule has 0 fully saturated rings. The minimum atomic E-state index is -5.08. The minimum Gasteiger partial charge on any atom is -0.475 e. The highest BCUT2D eigenvalue weighted by molar-refractivity contribution is 7.80. The first-order valence-corrected chi connectivity index (χ1v) is 4.38. The number of rotatable bonds is 2. The SMILES string of the molecule is CCC(C)NC(N)=S.O=C(O)C(F)(F)F. The molecule has 4 nitrogen and oxygen atoms in total. The number of hydrogen-bond donors (Lipinski definition) is 3. The number of aliphatic carboxylic acids is 1. The van der Waals surface area contributed by atoms with Crippen LogP contribution in [0.15, 0.2) is 0 Å². The molecule has 0 aliphatic rings. The van der Waals surface area contributed by atoms with Crippen molar-refractivity contribution in [3.63, 3.8) is 0 Å². The van der Waals surface area contributed by atoms with Crippen LogP contribution in [-0.4, -0.2) is 28.4 Å². The third kappa shape index (κ3) is 12.9. The van der Waals surface area contributed by atoms with Gasteiger partial charge in [-0.3, -0.25) is 0 Å². The summed E-state index contributed by atoms with van der Waals surface area (Å²) >= 11 is 4.60. The van der Waals surface area contributed by atoms with Gasteiger partial charge < -0.3 is 16.2 Å². The summed E-state index contributed by atoms with van der Waals surface area (Å²) in [4.78, 5) is 8.90. The van der Waals surface area contributed by atoms with E-state index in [4.69, 9.17) is 15.6 Å². The van der Waals surface area contributed by atoms with Crippen LogP contribution < -0.4 is 11.1 Å². The van der Waals surface area contributed by atoms with Gasteiger partial charge in [0, 0.05) is 6.04 Å². The normalized spacial score (nSPS) is 12.1. The maximum atomic E-state index is 10.6. The summed E-state index contributed by atoms with van der Waals surface area (Å²) in [6.07, 6.45) is -4.03. The standard InChI is InChI=1S/C5H12N2S.C2HF3O2/c1-3-4(2)7-5(6)8;3-2(4,5)1(6)7/h4H,3H2,1-2H3,(H3,6,7,8);(H,6,7). The molecule has 0 rings (SSSR count). The van der Waals surface area contributed by atoms with Crippen LogP contribution in [0.2, 0.25) is 0 Å². The summed E-state index contributed by atoms with van der Waals surface area (Å²) in [5.41, 5.74) is 5.19. The Labute approximate surface area is 90.6 Å². The molecule has 15 heavy (non-hydrogen) atoms. The molecule has 0 saturated heterocycles. The van der Waals surface area contributed by atoms with Gasteiger partial charge in [0.1, 0.15) is 0 Å². The summed E-state index contributed by atoms with van der Waals surface area (Å²) in [7, 11) is 0. The van der Waals surface area contributed by atoms with E-state index in [0.29, 0.717) is 11.2 Å². The lowest BCUT2D eigenvalue weighted by atomic mass is 10.3. The highest BCUT2D eigenvalue weighted by Gasteiger charge is 2.38. The molecule has 90 valence electrons. The molecule has 0 aromatic heterocycles. The topological polar surface area (TPSA) is 75.3 Å². The van der Waals surface area contributed by atoms with Crippen LogP contribution in [0.5, 0.6) is 0 Å². The zero-order chi connectivity index (χ0) is 12.6. The van der Waals surface area contributed by atoms with Crippen LogP contribution in [-0.2, 0) is 4.79 Å². The predicted molar refractivity (Wildman–Crippen MR) is 53.4 cm³/mol. The number of alkyl halides is 3. The van der Waals surface area contributed by atoms with E-state index in [0.717, 1.165) is 6.42 Å². The lowest BCUT2D eigenvalue weighted by molar-refractivity contribution is -0.192. The largest absolute Gasteiger partial charge is 0.490 e. The van der Waals surface area contributed by atoms with Crippen LogP contribution in [0, 0.1) is 0 Å². The van der Waals surface area contributed by atoms with Gasteiger partial charge in [-0.05, 0) is 25.6 Å². The van der Waals surface area contributed by atoms with E-state index in [1.165, 1.54) is 0 Å². The second-order valence-corrected chi connectivity index (χ2v) is 3.06. The number of carbonyl (C=O) groups is 1. The van der Waals surface area contributed by atoms with Gasteiger partial charge in [0.25, 0.3) is 0 Å². The molecule has 0 aromatic carbocycles. The second kappa shape index (κ2) is 7.27. The molecule has 0 radical (unpaired) electrons. The van der Waals surface area contributed by atoms with E-state index in [1.807, 2.05) is 6.92 Å². The number of carboxylic acid groups (broad SMARTS) is 1. The number of thiocarbonyl (C=S) groups is 1. The van der Waals surface area contributed by atoms with Gasteiger partial charge in [-0.15, -0.1) is 0 Å². The van der Waals surface area contributed by atoms with Gasteiger partial charge in [0.15, 0.2) is 5.11 Å². The van der Waals surface area contributed by atoms with Crippen molar-refractivity contribution in [2.45, 2.75) is 32.5 Å². The van der Waals surface area contributed by atoms with Crippen LogP contribution in [0.3, 0.4) is 0 Å². The van der Waals surface area contributed by atoms with E-state index in [9.17, 15) is 13.2 Å². The lowest BCUT2D eigenvalue weighted by Gasteiger charge is -2.09. The first-order valence-electron chi connectivity index (χ1n) is 3.97. The third-order valence-corrected chi connectivity index (χ3v) is 1.36. The number of carboxylic acids is 1. The lowest BCUT2D eigenvalue weighted by Crippen LogP contribution is -2.35. The molecule has 4 N–H and O–H groups in total. The molecular formula is C7H13F3N2O2S. The van der Waals surface area contributed by atoms with Crippen LogP contribution in [0.25, 0.3) is 0 Å². The van der Waals surface area contributed by atoms with Crippen LogP contribution in [0.1, 0.15) is 20.3 Å². The summed E-state index contributed by atoms with van der Waals surface area (Å²) in [6.45, 7) is 4.12. The van der Waals surface area contributed by atoms with Gasteiger partial charge in [-0.2, -0.15) is 13.2 Å². The average Bonchev–Trinajstić information content (AvgIpc) is 2.02. The molecule has 0 amide bonds. The third-order valence-electron chi connectivity index (χ3n) is 1.24. The Balaban J connectivity index is 0. The molecule has 0 aliphatic carbocycles. The smallest absolute Gasteiger partial charge is 0.475 e. The molecule has 8 heteroatoms. The number of nitrogens with two attached hydrogens (primary N) is 1. The van der Waals surface area contributed by atoms with Crippen LogP contribution in [0.4, 0.5) is 13.2 Å². The number of halogens is 3. The molecule has 0 spiro atoms. The summed E-state index contributed by atoms with van der Waals surface area (Å²) < 4.78 is 31.7. The zero-order valence-corrected chi connectivity index (χ0v) is 9.08. The summed E-state index contributed by atoms with van der Waals surface area (Å²) in [5.74, 6) is -2.76.